The van der Waals surface area contributed by atoms with Crippen molar-refractivity contribution in [1.82, 2.24) is 4.90 Å². The zero-order chi connectivity index (χ0) is 19.4. The first-order valence-corrected chi connectivity index (χ1v) is 8.95. The average molecular weight is 367 g/mol. The molecule has 1 amide bonds. The van der Waals surface area contributed by atoms with Crippen LogP contribution in [-0.4, -0.2) is 38.7 Å². The molecule has 0 bridgehead atoms. The van der Waals surface area contributed by atoms with Gasteiger partial charge in [-0.1, -0.05) is 18.2 Å². The number of rotatable bonds is 5. The summed E-state index contributed by atoms with van der Waals surface area (Å²) in [5, 5.41) is 0. The molecular formula is C22H25NO4. The molecule has 1 unspecified atom stereocenters. The molecule has 0 aliphatic carbocycles. The molecule has 0 aromatic heterocycles. The molecule has 0 fully saturated rings. The molecule has 0 radical (unpaired) electrons. The van der Waals surface area contributed by atoms with E-state index in [1.807, 2.05) is 48.2 Å². The van der Waals surface area contributed by atoms with E-state index in [9.17, 15) is 4.79 Å². The van der Waals surface area contributed by atoms with Gasteiger partial charge in [0.1, 0.15) is 5.75 Å². The van der Waals surface area contributed by atoms with Crippen LogP contribution in [0.15, 0.2) is 42.5 Å². The number of fused-ring (bicyclic) bond motifs is 1. The Kier molecular flexibility index (Phi) is 5.69. The van der Waals surface area contributed by atoms with Crippen molar-refractivity contribution in [2.45, 2.75) is 19.4 Å². The Labute approximate surface area is 160 Å². The molecule has 1 aliphatic rings. The lowest BCUT2D eigenvalue weighted by Crippen LogP contribution is -2.37. The van der Waals surface area contributed by atoms with Crippen molar-refractivity contribution in [3.63, 3.8) is 0 Å². The van der Waals surface area contributed by atoms with Gasteiger partial charge in [-0.25, -0.2) is 0 Å². The first-order valence-electron chi connectivity index (χ1n) is 8.95. The van der Waals surface area contributed by atoms with Gasteiger partial charge in [-0.15, -0.1) is 0 Å². The van der Waals surface area contributed by atoms with E-state index in [-0.39, 0.29) is 11.9 Å². The number of amides is 1. The molecule has 2 aromatic carbocycles. The molecule has 2 aromatic rings. The van der Waals surface area contributed by atoms with Crippen LogP contribution in [0.1, 0.15) is 29.7 Å². The van der Waals surface area contributed by atoms with Gasteiger partial charge in [-0.2, -0.15) is 0 Å². The smallest absolute Gasteiger partial charge is 0.247 e. The zero-order valence-electron chi connectivity index (χ0n) is 16.2. The van der Waals surface area contributed by atoms with Gasteiger partial charge in [0.2, 0.25) is 5.91 Å². The third-order valence-corrected chi connectivity index (χ3v) is 5.01. The second-order valence-corrected chi connectivity index (χ2v) is 6.44. The van der Waals surface area contributed by atoms with Crippen molar-refractivity contribution in [2.75, 3.05) is 27.9 Å². The van der Waals surface area contributed by atoms with Crippen LogP contribution in [0.25, 0.3) is 6.08 Å². The van der Waals surface area contributed by atoms with Crippen LogP contribution >= 0.6 is 0 Å². The van der Waals surface area contributed by atoms with E-state index in [1.165, 1.54) is 5.56 Å². The number of ether oxygens (including phenoxy) is 3. The highest BCUT2D eigenvalue weighted by Crippen LogP contribution is 2.38. The van der Waals surface area contributed by atoms with Gasteiger partial charge in [0.25, 0.3) is 0 Å². The lowest BCUT2D eigenvalue weighted by atomic mass is 9.92. The largest absolute Gasteiger partial charge is 0.496 e. The summed E-state index contributed by atoms with van der Waals surface area (Å²) in [5.74, 6) is 2.13. The fourth-order valence-corrected chi connectivity index (χ4v) is 3.51. The molecule has 0 saturated heterocycles. The fourth-order valence-electron chi connectivity index (χ4n) is 3.51. The van der Waals surface area contributed by atoms with Gasteiger partial charge >= 0.3 is 0 Å². The van der Waals surface area contributed by atoms with Crippen molar-refractivity contribution >= 4 is 12.0 Å². The second kappa shape index (κ2) is 8.16. The minimum absolute atomic E-state index is 0.0196. The first kappa shape index (κ1) is 18.8. The quantitative estimate of drug-likeness (QED) is 0.753. The summed E-state index contributed by atoms with van der Waals surface area (Å²) in [6.07, 6.45) is 4.20. The number of carbonyl (C=O) groups is 1. The second-order valence-electron chi connectivity index (χ2n) is 6.44. The highest BCUT2D eigenvalue weighted by Gasteiger charge is 2.28. The van der Waals surface area contributed by atoms with Crippen molar-refractivity contribution in [3.8, 4) is 17.2 Å². The standard InChI is InChI=1S/C22H25NO4/c1-15-18-14-21(27-4)20(26-3)13-17(18)11-12-23(15)22(24)10-9-16-7-5-6-8-19(16)25-2/h5-10,13-15H,11-12H2,1-4H3/b10-9+. The Morgan fingerprint density at radius 2 is 1.70 bits per heavy atom. The highest BCUT2D eigenvalue weighted by molar-refractivity contribution is 5.92. The lowest BCUT2D eigenvalue weighted by Gasteiger charge is -2.35. The molecular weight excluding hydrogens is 342 g/mol. The third kappa shape index (κ3) is 3.77. The Hall–Kier alpha value is -2.95. The van der Waals surface area contributed by atoms with E-state index in [4.69, 9.17) is 14.2 Å². The summed E-state index contributed by atoms with van der Waals surface area (Å²) in [6.45, 7) is 2.71. The predicted octanol–water partition coefficient (Wildman–Crippen LogP) is 3.87. The van der Waals surface area contributed by atoms with E-state index >= 15 is 0 Å². The van der Waals surface area contributed by atoms with Crippen LogP contribution in [0.3, 0.4) is 0 Å². The maximum Gasteiger partial charge on any atom is 0.247 e. The first-order chi connectivity index (χ1) is 13.1. The monoisotopic (exact) mass is 367 g/mol. The predicted molar refractivity (Wildman–Crippen MR) is 105 cm³/mol. The molecule has 5 heteroatoms. The van der Waals surface area contributed by atoms with Crippen molar-refractivity contribution < 1.29 is 19.0 Å². The van der Waals surface area contributed by atoms with Crippen molar-refractivity contribution in [3.05, 3.63) is 59.2 Å². The van der Waals surface area contributed by atoms with E-state index in [2.05, 4.69) is 0 Å². The number of benzene rings is 2. The normalized spacial score (nSPS) is 16.1. The SMILES string of the molecule is COc1ccccc1/C=C/C(=O)N1CCc2cc(OC)c(OC)cc2C1C. The molecule has 1 aliphatic heterocycles. The molecule has 0 saturated carbocycles. The molecule has 1 heterocycles. The van der Waals surface area contributed by atoms with Gasteiger partial charge in [-0.3, -0.25) is 4.79 Å². The number of carbonyl (C=O) groups excluding carboxylic acids is 1. The minimum atomic E-state index is -0.0385. The summed E-state index contributed by atoms with van der Waals surface area (Å²) in [5.41, 5.74) is 3.17. The summed E-state index contributed by atoms with van der Waals surface area (Å²) >= 11 is 0. The summed E-state index contributed by atoms with van der Waals surface area (Å²) in [4.78, 5) is 14.7. The van der Waals surface area contributed by atoms with Gasteiger partial charge in [-0.05, 0) is 48.7 Å². The highest BCUT2D eigenvalue weighted by atomic mass is 16.5. The number of nitrogens with zero attached hydrogens (tertiary/aromatic N) is 1. The van der Waals surface area contributed by atoms with E-state index < -0.39 is 0 Å². The van der Waals surface area contributed by atoms with Gasteiger partial charge < -0.3 is 19.1 Å². The van der Waals surface area contributed by atoms with Crippen LogP contribution in [0.5, 0.6) is 17.2 Å². The van der Waals surface area contributed by atoms with Crippen LogP contribution in [0.4, 0.5) is 0 Å². The topological polar surface area (TPSA) is 48.0 Å². The third-order valence-electron chi connectivity index (χ3n) is 5.01. The number of methoxy groups -OCH3 is 3. The average Bonchev–Trinajstić information content (AvgIpc) is 2.71. The molecule has 27 heavy (non-hydrogen) atoms. The Morgan fingerprint density at radius 3 is 2.41 bits per heavy atom. The van der Waals surface area contributed by atoms with Gasteiger partial charge in [0.15, 0.2) is 11.5 Å². The Bertz CT molecular complexity index is 859. The van der Waals surface area contributed by atoms with E-state index in [0.717, 1.165) is 29.0 Å². The van der Waals surface area contributed by atoms with Crippen molar-refractivity contribution in [1.29, 1.82) is 0 Å². The number of hydrogen-bond acceptors (Lipinski definition) is 4. The molecule has 3 rings (SSSR count). The van der Waals surface area contributed by atoms with Crippen LogP contribution in [0.2, 0.25) is 0 Å². The Morgan fingerprint density at radius 1 is 1.04 bits per heavy atom. The zero-order valence-corrected chi connectivity index (χ0v) is 16.2. The number of para-hydroxylation sites is 1. The summed E-state index contributed by atoms with van der Waals surface area (Å²) < 4.78 is 16.1. The molecule has 0 N–H and O–H groups in total. The minimum Gasteiger partial charge on any atom is -0.496 e. The Balaban J connectivity index is 1.83. The lowest BCUT2D eigenvalue weighted by molar-refractivity contribution is -0.128. The molecule has 1 atom stereocenters. The van der Waals surface area contributed by atoms with Crippen molar-refractivity contribution in [2.24, 2.45) is 0 Å². The molecule has 5 nitrogen and oxygen atoms in total. The van der Waals surface area contributed by atoms with Gasteiger partial charge in [0, 0.05) is 18.2 Å². The molecule has 0 spiro atoms. The van der Waals surface area contributed by atoms with E-state index in [0.29, 0.717) is 12.3 Å². The van der Waals surface area contributed by atoms with Crippen LogP contribution in [-0.2, 0) is 11.2 Å². The summed E-state index contributed by atoms with van der Waals surface area (Å²) in [6, 6.07) is 11.6. The van der Waals surface area contributed by atoms with E-state index in [1.54, 1.807) is 33.5 Å². The van der Waals surface area contributed by atoms with Gasteiger partial charge in [0.05, 0.1) is 27.4 Å². The molecule has 142 valence electrons. The fraction of sp³-hybridized carbons (Fsp3) is 0.318. The van der Waals surface area contributed by atoms with Crippen LogP contribution in [0, 0.1) is 0 Å². The summed E-state index contributed by atoms with van der Waals surface area (Å²) in [7, 11) is 4.88. The van der Waals surface area contributed by atoms with Crippen LogP contribution < -0.4 is 14.2 Å². The maximum atomic E-state index is 12.8. The number of hydrogen-bond donors (Lipinski definition) is 0. The maximum absolute atomic E-state index is 12.8.